The molecular weight excluding hydrogens is 230 g/mol. The van der Waals surface area contributed by atoms with Gasteiger partial charge in [0.2, 0.25) is 0 Å². The summed E-state index contributed by atoms with van der Waals surface area (Å²) in [6.45, 7) is 4.03. The van der Waals surface area contributed by atoms with Crippen molar-refractivity contribution in [2.75, 3.05) is 7.11 Å². The molecule has 0 amide bonds. The molecule has 4 heteroatoms. The lowest BCUT2D eigenvalue weighted by molar-refractivity contribution is -0.142. The Morgan fingerprint density at radius 3 is 2.56 bits per heavy atom. The molecule has 3 atom stereocenters. The smallest absolute Gasteiger partial charge is 0.322 e. The van der Waals surface area contributed by atoms with Gasteiger partial charge in [-0.3, -0.25) is 4.79 Å². The SMILES string of the molecule is COC(=O)C(N)CC(C)C(C)c1ccccc1O. The lowest BCUT2D eigenvalue weighted by Gasteiger charge is -2.23. The molecule has 3 unspecified atom stereocenters. The van der Waals surface area contributed by atoms with E-state index in [9.17, 15) is 9.90 Å². The van der Waals surface area contributed by atoms with Crippen molar-refractivity contribution < 1.29 is 14.6 Å². The maximum atomic E-state index is 11.3. The fraction of sp³-hybridized carbons (Fsp3) is 0.500. The van der Waals surface area contributed by atoms with Gasteiger partial charge in [-0.2, -0.15) is 0 Å². The number of carbonyl (C=O) groups excluding carboxylic acids is 1. The van der Waals surface area contributed by atoms with Gasteiger partial charge in [0.1, 0.15) is 11.8 Å². The molecule has 1 rings (SSSR count). The lowest BCUT2D eigenvalue weighted by atomic mass is 9.84. The van der Waals surface area contributed by atoms with Crippen LogP contribution >= 0.6 is 0 Å². The third-order valence-corrected chi connectivity index (χ3v) is 3.41. The first-order valence-corrected chi connectivity index (χ1v) is 6.08. The van der Waals surface area contributed by atoms with Gasteiger partial charge in [0.05, 0.1) is 7.11 Å². The predicted molar refractivity (Wildman–Crippen MR) is 70.3 cm³/mol. The normalized spacial score (nSPS) is 15.8. The van der Waals surface area contributed by atoms with Crippen molar-refractivity contribution in [2.24, 2.45) is 11.7 Å². The van der Waals surface area contributed by atoms with Crippen LogP contribution in [0.5, 0.6) is 5.75 Å². The van der Waals surface area contributed by atoms with Gasteiger partial charge >= 0.3 is 5.97 Å². The van der Waals surface area contributed by atoms with Crippen LogP contribution in [0, 0.1) is 5.92 Å². The number of methoxy groups -OCH3 is 1. The number of rotatable bonds is 5. The number of hydrogen-bond acceptors (Lipinski definition) is 4. The molecule has 0 heterocycles. The Balaban J connectivity index is 2.70. The van der Waals surface area contributed by atoms with Crippen LogP contribution < -0.4 is 5.73 Å². The number of phenols is 1. The highest BCUT2D eigenvalue weighted by atomic mass is 16.5. The first-order valence-electron chi connectivity index (χ1n) is 6.08. The highest BCUT2D eigenvalue weighted by molar-refractivity contribution is 5.75. The third-order valence-electron chi connectivity index (χ3n) is 3.41. The molecule has 0 aliphatic carbocycles. The van der Waals surface area contributed by atoms with Crippen molar-refractivity contribution in [1.29, 1.82) is 0 Å². The summed E-state index contributed by atoms with van der Waals surface area (Å²) in [5.74, 6) is 0.184. The molecule has 1 aromatic carbocycles. The molecule has 0 bridgehead atoms. The van der Waals surface area contributed by atoms with Crippen LogP contribution in [0.15, 0.2) is 24.3 Å². The monoisotopic (exact) mass is 251 g/mol. The second-order valence-corrected chi connectivity index (χ2v) is 4.69. The summed E-state index contributed by atoms with van der Waals surface area (Å²) < 4.78 is 4.61. The Bertz CT molecular complexity index is 406. The number of nitrogens with two attached hydrogens (primary N) is 1. The zero-order valence-corrected chi connectivity index (χ0v) is 11.1. The number of benzene rings is 1. The number of esters is 1. The van der Waals surface area contributed by atoms with Crippen molar-refractivity contribution in [1.82, 2.24) is 0 Å². The molecule has 3 N–H and O–H groups in total. The Hall–Kier alpha value is -1.55. The highest BCUT2D eigenvalue weighted by Gasteiger charge is 2.23. The number of phenolic OH excluding ortho intramolecular Hbond substituents is 1. The van der Waals surface area contributed by atoms with E-state index in [2.05, 4.69) is 4.74 Å². The van der Waals surface area contributed by atoms with Crippen LogP contribution in [0.1, 0.15) is 31.7 Å². The van der Waals surface area contributed by atoms with Crippen molar-refractivity contribution in [2.45, 2.75) is 32.2 Å². The molecule has 0 fully saturated rings. The van der Waals surface area contributed by atoms with E-state index in [1.807, 2.05) is 26.0 Å². The maximum absolute atomic E-state index is 11.3. The number of para-hydroxylation sites is 1. The van der Waals surface area contributed by atoms with Crippen LogP contribution in [0.25, 0.3) is 0 Å². The molecule has 0 radical (unpaired) electrons. The Kier molecular flexibility index (Phi) is 5.16. The summed E-state index contributed by atoms with van der Waals surface area (Å²) in [6.07, 6.45) is 0.530. The van der Waals surface area contributed by atoms with Gasteiger partial charge in [0.15, 0.2) is 0 Å². The molecule has 100 valence electrons. The Labute approximate surface area is 108 Å². The quantitative estimate of drug-likeness (QED) is 0.785. The summed E-state index contributed by atoms with van der Waals surface area (Å²) in [5.41, 5.74) is 6.62. The molecular formula is C14H21NO3. The summed E-state index contributed by atoms with van der Waals surface area (Å²) in [6, 6.07) is 6.62. The zero-order chi connectivity index (χ0) is 13.7. The molecule has 0 aliphatic rings. The average Bonchev–Trinajstić information content (AvgIpc) is 2.37. The summed E-state index contributed by atoms with van der Waals surface area (Å²) >= 11 is 0. The van der Waals surface area contributed by atoms with E-state index in [1.54, 1.807) is 12.1 Å². The van der Waals surface area contributed by atoms with E-state index in [0.29, 0.717) is 6.42 Å². The van der Waals surface area contributed by atoms with Gasteiger partial charge in [-0.25, -0.2) is 0 Å². The van der Waals surface area contributed by atoms with Crippen molar-refractivity contribution in [3.05, 3.63) is 29.8 Å². The lowest BCUT2D eigenvalue weighted by Crippen LogP contribution is -2.34. The summed E-state index contributed by atoms with van der Waals surface area (Å²) in [5, 5.41) is 9.80. The van der Waals surface area contributed by atoms with Crippen molar-refractivity contribution in [3.8, 4) is 5.75 Å². The van der Waals surface area contributed by atoms with E-state index in [-0.39, 0.29) is 17.6 Å². The largest absolute Gasteiger partial charge is 0.508 e. The van der Waals surface area contributed by atoms with E-state index >= 15 is 0 Å². The van der Waals surface area contributed by atoms with Crippen molar-refractivity contribution >= 4 is 5.97 Å². The van der Waals surface area contributed by atoms with Crippen LogP contribution in [-0.4, -0.2) is 24.2 Å². The first-order chi connectivity index (χ1) is 8.47. The molecule has 0 saturated carbocycles. The first kappa shape index (κ1) is 14.5. The molecule has 18 heavy (non-hydrogen) atoms. The minimum atomic E-state index is -0.613. The van der Waals surface area contributed by atoms with Crippen LogP contribution in [-0.2, 0) is 9.53 Å². The number of carbonyl (C=O) groups is 1. The van der Waals surface area contributed by atoms with Crippen LogP contribution in [0.4, 0.5) is 0 Å². The van der Waals surface area contributed by atoms with E-state index in [1.165, 1.54) is 7.11 Å². The maximum Gasteiger partial charge on any atom is 0.322 e. The minimum Gasteiger partial charge on any atom is -0.508 e. The molecule has 0 aromatic heterocycles. The number of ether oxygens (including phenoxy) is 1. The van der Waals surface area contributed by atoms with Gasteiger partial charge in [-0.15, -0.1) is 0 Å². The molecule has 0 aliphatic heterocycles. The Morgan fingerprint density at radius 1 is 1.39 bits per heavy atom. The number of aromatic hydroxyl groups is 1. The standard InChI is InChI=1S/C14H21NO3/c1-9(8-12(15)14(17)18-3)10(2)11-6-4-5-7-13(11)16/h4-7,9-10,12,16H,8,15H2,1-3H3. The third kappa shape index (κ3) is 3.47. The molecule has 0 saturated heterocycles. The molecule has 0 spiro atoms. The zero-order valence-electron chi connectivity index (χ0n) is 11.1. The van der Waals surface area contributed by atoms with Crippen molar-refractivity contribution in [3.63, 3.8) is 0 Å². The topological polar surface area (TPSA) is 72.5 Å². The molecule has 4 nitrogen and oxygen atoms in total. The van der Waals surface area contributed by atoms with Gasteiger partial charge < -0.3 is 15.6 Å². The summed E-state index contributed by atoms with van der Waals surface area (Å²) in [7, 11) is 1.33. The van der Waals surface area contributed by atoms with E-state index in [0.717, 1.165) is 5.56 Å². The molecule has 1 aromatic rings. The second-order valence-electron chi connectivity index (χ2n) is 4.69. The Morgan fingerprint density at radius 2 is 2.00 bits per heavy atom. The highest BCUT2D eigenvalue weighted by Crippen LogP contribution is 2.32. The van der Waals surface area contributed by atoms with Gasteiger partial charge in [0.25, 0.3) is 0 Å². The predicted octanol–water partition coefficient (Wildman–Crippen LogP) is 2.02. The minimum absolute atomic E-state index is 0.127. The summed E-state index contributed by atoms with van der Waals surface area (Å²) in [4.78, 5) is 11.3. The van der Waals surface area contributed by atoms with Crippen LogP contribution in [0.3, 0.4) is 0 Å². The van der Waals surface area contributed by atoms with Gasteiger partial charge in [0, 0.05) is 0 Å². The fourth-order valence-corrected chi connectivity index (χ4v) is 2.03. The van der Waals surface area contributed by atoms with Crippen LogP contribution in [0.2, 0.25) is 0 Å². The second kappa shape index (κ2) is 6.40. The fourth-order valence-electron chi connectivity index (χ4n) is 2.03. The van der Waals surface area contributed by atoms with Gasteiger partial charge in [-0.05, 0) is 29.9 Å². The van der Waals surface area contributed by atoms with E-state index < -0.39 is 12.0 Å². The number of hydrogen-bond donors (Lipinski definition) is 2. The van der Waals surface area contributed by atoms with Gasteiger partial charge in [-0.1, -0.05) is 32.0 Å². The van der Waals surface area contributed by atoms with E-state index in [4.69, 9.17) is 5.73 Å². The average molecular weight is 251 g/mol.